The molecule has 0 spiro atoms. The van der Waals surface area contributed by atoms with Gasteiger partial charge in [0.15, 0.2) is 0 Å². The Bertz CT molecular complexity index is 895. The van der Waals surface area contributed by atoms with Crippen molar-refractivity contribution in [2.75, 3.05) is 5.32 Å². The summed E-state index contributed by atoms with van der Waals surface area (Å²) in [7, 11) is 0. The summed E-state index contributed by atoms with van der Waals surface area (Å²) in [6, 6.07) is 20.5. The average molecular weight is 333 g/mol. The normalized spacial score (nSPS) is 10.4. The Morgan fingerprint density at radius 3 is 2.38 bits per heavy atom. The first-order chi connectivity index (χ1) is 11.7. The fourth-order valence-corrected chi connectivity index (χ4v) is 2.98. The zero-order valence-corrected chi connectivity index (χ0v) is 14.4. The standard InChI is InChI=1S/C21H19NOS/c1-3-19-20(23-15(2)13-21(19)24)14-22-18-11-9-17(10-12-18)16-7-5-4-6-8-16/h3-13,22H,1,14H2,2H3. The molecule has 0 unspecified atom stereocenters. The van der Waals surface area contributed by atoms with E-state index >= 15 is 0 Å². The lowest BCUT2D eigenvalue weighted by atomic mass is 10.1. The highest BCUT2D eigenvalue weighted by atomic mass is 32.1. The fraction of sp³-hybridized carbons (Fsp3) is 0.0952. The Hall–Kier alpha value is -2.65. The number of benzene rings is 2. The predicted molar refractivity (Wildman–Crippen MR) is 104 cm³/mol. The van der Waals surface area contributed by atoms with Gasteiger partial charge < -0.3 is 9.73 Å². The van der Waals surface area contributed by atoms with Gasteiger partial charge in [0.25, 0.3) is 0 Å². The smallest absolute Gasteiger partial charge is 0.131 e. The molecule has 1 N–H and O–H groups in total. The molecule has 3 rings (SSSR count). The summed E-state index contributed by atoms with van der Waals surface area (Å²) >= 11 is 5.37. The summed E-state index contributed by atoms with van der Waals surface area (Å²) in [6.07, 6.45) is 1.75. The highest BCUT2D eigenvalue weighted by Crippen LogP contribution is 2.22. The van der Waals surface area contributed by atoms with Crippen LogP contribution < -0.4 is 5.32 Å². The van der Waals surface area contributed by atoms with Gasteiger partial charge in [0.2, 0.25) is 0 Å². The Kier molecular flexibility index (Phi) is 4.92. The molecule has 1 aromatic heterocycles. The van der Waals surface area contributed by atoms with E-state index in [2.05, 4.69) is 48.3 Å². The van der Waals surface area contributed by atoms with Crippen LogP contribution in [0.5, 0.6) is 0 Å². The topological polar surface area (TPSA) is 25.2 Å². The van der Waals surface area contributed by atoms with Gasteiger partial charge in [-0.3, -0.25) is 0 Å². The van der Waals surface area contributed by atoms with Crippen LogP contribution in [-0.4, -0.2) is 0 Å². The van der Waals surface area contributed by atoms with Crippen molar-refractivity contribution in [3.63, 3.8) is 0 Å². The van der Waals surface area contributed by atoms with E-state index in [9.17, 15) is 0 Å². The number of hydrogen-bond donors (Lipinski definition) is 1. The van der Waals surface area contributed by atoms with E-state index in [0.717, 1.165) is 27.3 Å². The molecule has 0 fully saturated rings. The van der Waals surface area contributed by atoms with Gasteiger partial charge in [0.1, 0.15) is 11.5 Å². The molecule has 0 amide bonds. The van der Waals surface area contributed by atoms with E-state index in [0.29, 0.717) is 6.54 Å². The van der Waals surface area contributed by atoms with Crippen LogP contribution in [0.1, 0.15) is 17.1 Å². The van der Waals surface area contributed by atoms with Crippen LogP contribution in [0.4, 0.5) is 5.69 Å². The predicted octanol–water partition coefficient (Wildman–Crippen LogP) is 6.24. The van der Waals surface area contributed by atoms with Crippen molar-refractivity contribution in [1.29, 1.82) is 0 Å². The molecule has 120 valence electrons. The molecule has 1 heterocycles. The highest BCUT2D eigenvalue weighted by molar-refractivity contribution is 7.71. The second-order valence-corrected chi connectivity index (χ2v) is 6.00. The zero-order chi connectivity index (χ0) is 16.9. The number of hydrogen-bond acceptors (Lipinski definition) is 3. The van der Waals surface area contributed by atoms with E-state index in [1.54, 1.807) is 6.08 Å². The van der Waals surface area contributed by atoms with Gasteiger partial charge in [-0.25, -0.2) is 0 Å². The maximum atomic E-state index is 5.79. The number of nitrogens with one attached hydrogen (secondary N) is 1. The first-order valence-electron chi connectivity index (χ1n) is 7.83. The molecule has 0 atom stereocenters. The summed E-state index contributed by atoms with van der Waals surface area (Å²) in [5.41, 5.74) is 4.32. The van der Waals surface area contributed by atoms with E-state index in [-0.39, 0.29) is 0 Å². The van der Waals surface area contributed by atoms with Crippen molar-refractivity contribution in [3.05, 3.63) is 88.8 Å². The summed E-state index contributed by atoms with van der Waals surface area (Å²) in [6.45, 7) is 6.30. The largest absolute Gasteiger partial charge is 0.464 e. The molecule has 0 aliphatic carbocycles. The van der Waals surface area contributed by atoms with E-state index < -0.39 is 0 Å². The van der Waals surface area contributed by atoms with Gasteiger partial charge >= 0.3 is 0 Å². The molecule has 0 aliphatic heterocycles. The van der Waals surface area contributed by atoms with Crippen LogP contribution in [0.15, 0.2) is 71.7 Å². The van der Waals surface area contributed by atoms with Gasteiger partial charge in [-0.05, 0) is 36.2 Å². The summed E-state index contributed by atoms with van der Waals surface area (Å²) in [5.74, 6) is 1.61. The molecule has 2 aromatic carbocycles. The Labute approximate surface area is 147 Å². The van der Waals surface area contributed by atoms with Crippen molar-refractivity contribution in [2.24, 2.45) is 0 Å². The summed E-state index contributed by atoms with van der Waals surface area (Å²) in [4.78, 5) is 0. The first-order valence-corrected chi connectivity index (χ1v) is 8.23. The van der Waals surface area contributed by atoms with Gasteiger partial charge in [-0.2, -0.15) is 0 Å². The molecule has 3 heteroatoms. The minimum absolute atomic E-state index is 0.567. The van der Waals surface area contributed by atoms with E-state index in [4.69, 9.17) is 16.6 Å². The van der Waals surface area contributed by atoms with Crippen molar-refractivity contribution >= 4 is 24.0 Å². The quantitative estimate of drug-likeness (QED) is 0.559. The van der Waals surface area contributed by atoms with E-state index in [1.165, 1.54) is 11.1 Å². The molecular weight excluding hydrogens is 314 g/mol. The Morgan fingerprint density at radius 1 is 1.04 bits per heavy atom. The third kappa shape index (κ3) is 3.63. The molecule has 0 saturated heterocycles. The maximum Gasteiger partial charge on any atom is 0.131 e. The second kappa shape index (κ2) is 7.28. The second-order valence-electron chi connectivity index (χ2n) is 5.56. The molecule has 0 saturated carbocycles. The SMILES string of the molecule is C=Cc1c(CNc2ccc(-c3ccccc3)cc2)oc(C)cc1=S. The third-order valence-electron chi connectivity index (χ3n) is 3.83. The number of rotatable bonds is 5. The monoisotopic (exact) mass is 333 g/mol. The fourth-order valence-electron chi connectivity index (χ4n) is 2.62. The molecular formula is C21H19NOS. The molecule has 0 bridgehead atoms. The third-order valence-corrected chi connectivity index (χ3v) is 4.17. The van der Waals surface area contributed by atoms with Gasteiger partial charge in [0.05, 0.1) is 11.1 Å². The molecule has 0 radical (unpaired) electrons. The van der Waals surface area contributed by atoms with Crippen molar-refractivity contribution in [2.45, 2.75) is 13.5 Å². The van der Waals surface area contributed by atoms with Crippen LogP contribution in [0.25, 0.3) is 17.2 Å². The minimum Gasteiger partial charge on any atom is -0.464 e. The lowest BCUT2D eigenvalue weighted by Crippen LogP contribution is -2.02. The van der Waals surface area contributed by atoms with Crippen LogP contribution in [0.2, 0.25) is 0 Å². The van der Waals surface area contributed by atoms with E-state index in [1.807, 2.05) is 31.2 Å². The molecule has 0 aliphatic rings. The lowest BCUT2D eigenvalue weighted by Gasteiger charge is -2.10. The van der Waals surface area contributed by atoms with Crippen LogP contribution in [0.3, 0.4) is 0 Å². The van der Waals surface area contributed by atoms with Crippen molar-refractivity contribution < 1.29 is 4.42 Å². The highest BCUT2D eigenvalue weighted by Gasteiger charge is 2.06. The number of anilines is 1. The molecule has 3 aromatic rings. The minimum atomic E-state index is 0.567. The Balaban J connectivity index is 1.76. The van der Waals surface area contributed by atoms with Crippen LogP contribution in [0, 0.1) is 11.4 Å². The van der Waals surface area contributed by atoms with Crippen molar-refractivity contribution in [3.8, 4) is 11.1 Å². The van der Waals surface area contributed by atoms with Crippen LogP contribution in [-0.2, 0) is 6.54 Å². The number of aryl methyl sites for hydroxylation is 1. The van der Waals surface area contributed by atoms with Gasteiger partial charge in [0, 0.05) is 11.3 Å². The van der Waals surface area contributed by atoms with Gasteiger partial charge in [-0.1, -0.05) is 67.3 Å². The maximum absolute atomic E-state index is 5.79. The van der Waals surface area contributed by atoms with Crippen LogP contribution >= 0.6 is 12.2 Å². The zero-order valence-electron chi connectivity index (χ0n) is 13.6. The molecule has 2 nitrogen and oxygen atoms in total. The van der Waals surface area contributed by atoms with Gasteiger partial charge in [-0.15, -0.1) is 0 Å². The Morgan fingerprint density at radius 2 is 1.71 bits per heavy atom. The first kappa shape index (κ1) is 16.2. The van der Waals surface area contributed by atoms with Crippen molar-refractivity contribution in [1.82, 2.24) is 0 Å². The summed E-state index contributed by atoms with van der Waals surface area (Å²) in [5, 5.41) is 3.38. The average Bonchev–Trinajstić information content (AvgIpc) is 2.61. The molecule has 24 heavy (non-hydrogen) atoms. The summed E-state index contributed by atoms with van der Waals surface area (Å²) < 4.78 is 6.56. The lowest BCUT2D eigenvalue weighted by molar-refractivity contribution is 0.470.